The number of aromatic nitrogens is 5. The van der Waals surface area contributed by atoms with E-state index in [1.54, 1.807) is 24.2 Å². The second-order valence-electron chi connectivity index (χ2n) is 3.22. The van der Waals surface area contributed by atoms with Gasteiger partial charge < -0.3 is 4.74 Å². The van der Waals surface area contributed by atoms with Crippen LogP contribution < -0.4 is 16.0 Å². The third kappa shape index (κ3) is 1.64. The van der Waals surface area contributed by atoms with Crippen molar-refractivity contribution < 1.29 is 4.74 Å². The zero-order valence-electron chi connectivity index (χ0n) is 9.01. The predicted octanol–water partition coefficient (Wildman–Crippen LogP) is -0.900. The Hall–Kier alpha value is -1.93. The fourth-order valence-corrected chi connectivity index (χ4v) is 1.57. The number of hydrazine groups is 1. The Morgan fingerprint density at radius 3 is 2.94 bits per heavy atom. The topological polar surface area (TPSA) is 107 Å². The van der Waals surface area contributed by atoms with Crippen LogP contribution >= 0.6 is 0 Å². The first kappa shape index (κ1) is 10.6. The van der Waals surface area contributed by atoms with Crippen LogP contribution in [0.15, 0.2) is 12.4 Å². The molecule has 2 heterocycles. The number of aromatic amines is 1. The lowest BCUT2D eigenvalue weighted by atomic mass is 10.1. The summed E-state index contributed by atoms with van der Waals surface area (Å²) in [5.41, 5.74) is 4.12. The van der Waals surface area contributed by atoms with Gasteiger partial charge in [-0.1, -0.05) is 0 Å². The number of nitrogens with zero attached hydrogens (tertiary/aromatic N) is 4. The molecule has 8 heteroatoms. The van der Waals surface area contributed by atoms with E-state index in [2.05, 4.69) is 25.9 Å². The molecule has 1 unspecified atom stereocenters. The minimum atomic E-state index is -0.318. The lowest BCUT2D eigenvalue weighted by Gasteiger charge is -2.14. The molecule has 2 aromatic rings. The number of nitrogens with one attached hydrogen (secondary N) is 2. The van der Waals surface area contributed by atoms with E-state index in [-0.39, 0.29) is 6.04 Å². The van der Waals surface area contributed by atoms with Gasteiger partial charge in [0.25, 0.3) is 0 Å². The highest BCUT2D eigenvalue weighted by atomic mass is 16.5. The minimum absolute atomic E-state index is 0.318. The summed E-state index contributed by atoms with van der Waals surface area (Å²) in [7, 11) is 3.39. The third-order valence-electron chi connectivity index (χ3n) is 2.34. The van der Waals surface area contributed by atoms with Crippen molar-refractivity contribution in [1.29, 1.82) is 0 Å². The Morgan fingerprint density at radius 1 is 1.56 bits per heavy atom. The van der Waals surface area contributed by atoms with Crippen LogP contribution in [0.5, 0.6) is 5.75 Å². The summed E-state index contributed by atoms with van der Waals surface area (Å²) in [6, 6.07) is -0.318. The maximum Gasteiger partial charge on any atom is 0.162 e. The van der Waals surface area contributed by atoms with Gasteiger partial charge in [-0.2, -0.15) is 20.5 Å². The van der Waals surface area contributed by atoms with Crippen LogP contribution in [-0.2, 0) is 7.05 Å². The highest BCUT2D eigenvalue weighted by Crippen LogP contribution is 2.27. The fourth-order valence-electron chi connectivity index (χ4n) is 1.57. The van der Waals surface area contributed by atoms with Gasteiger partial charge in [0.05, 0.1) is 19.5 Å². The van der Waals surface area contributed by atoms with Crippen LogP contribution in [0.1, 0.15) is 17.4 Å². The molecule has 4 N–H and O–H groups in total. The molecule has 2 aromatic heterocycles. The van der Waals surface area contributed by atoms with Gasteiger partial charge in [0.1, 0.15) is 17.4 Å². The molecule has 0 aromatic carbocycles. The summed E-state index contributed by atoms with van der Waals surface area (Å²) in [6.45, 7) is 0. The van der Waals surface area contributed by atoms with Gasteiger partial charge in [-0.15, -0.1) is 0 Å². The van der Waals surface area contributed by atoms with Gasteiger partial charge in [0.2, 0.25) is 0 Å². The highest BCUT2D eigenvalue weighted by molar-refractivity contribution is 5.32. The van der Waals surface area contributed by atoms with Crippen LogP contribution in [0.25, 0.3) is 0 Å². The van der Waals surface area contributed by atoms with Crippen LogP contribution in [0.2, 0.25) is 0 Å². The average molecular weight is 223 g/mol. The van der Waals surface area contributed by atoms with Crippen molar-refractivity contribution >= 4 is 0 Å². The number of nitrogens with two attached hydrogens (primary N) is 1. The number of hydrogen-bond donors (Lipinski definition) is 3. The quantitative estimate of drug-likeness (QED) is 0.458. The number of methoxy groups -OCH3 is 1. The molecule has 0 amide bonds. The van der Waals surface area contributed by atoms with E-state index < -0.39 is 0 Å². The van der Waals surface area contributed by atoms with E-state index in [1.807, 2.05) is 7.05 Å². The largest absolute Gasteiger partial charge is 0.493 e. The molecular formula is C8H13N7O. The smallest absolute Gasteiger partial charge is 0.162 e. The van der Waals surface area contributed by atoms with Crippen molar-refractivity contribution in [3.05, 3.63) is 23.8 Å². The lowest BCUT2D eigenvalue weighted by Crippen LogP contribution is -2.31. The average Bonchev–Trinajstić information content (AvgIpc) is 2.91. The Bertz CT molecular complexity index is 449. The van der Waals surface area contributed by atoms with Crippen molar-refractivity contribution in [3.8, 4) is 5.75 Å². The molecule has 0 bridgehead atoms. The summed E-state index contributed by atoms with van der Waals surface area (Å²) in [5, 5.41) is 14.4. The van der Waals surface area contributed by atoms with Crippen LogP contribution in [0, 0.1) is 0 Å². The summed E-state index contributed by atoms with van der Waals surface area (Å²) in [4.78, 5) is 0. The van der Waals surface area contributed by atoms with Gasteiger partial charge in [0.15, 0.2) is 5.75 Å². The molecule has 0 radical (unpaired) electrons. The van der Waals surface area contributed by atoms with E-state index in [0.717, 1.165) is 5.69 Å². The summed E-state index contributed by atoms with van der Waals surface area (Å²) in [5.74, 6) is 6.17. The Morgan fingerprint density at radius 2 is 2.38 bits per heavy atom. The van der Waals surface area contributed by atoms with Gasteiger partial charge >= 0.3 is 0 Å². The highest BCUT2D eigenvalue weighted by Gasteiger charge is 2.23. The first-order valence-electron chi connectivity index (χ1n) is 4.65. The molecule has 0 saturated carbocycles. The molecule has 0 aliphatic rings. The second kappa shape index (κ2) is 4.29. The number of rotatable bonds is 4. The lowest BCUT2D eigenvalue weighted by molar-refractivity contribution is 0.400. The van der Waals surface area contributed by atoms with Crippen molar-refractivity contribution in [2.24, 2.45) is 12.9 Å². The Balaban J connectivity index is 2.44. The molecule has 1 atom stereocenters. The molecule has 0 saturated heterocycles. The SMILES string of the molecule is COc1cnn(C)c1C(NN)c1cn[nH]n1. The first-order chi connectivity index (χ1) is 7.77. The van der Waals surface area contributed by atoms with Gasteiger partial charge in [-0.3, -0.25) is 10.5 Å². The minimum Gasteiger partial charge on any atom is -0.493 e. The van der Waals surface area contributed by atoms with E-state index in [1.165, 1.54) is 0 Å². The molecule has 0 aliphatic carbocycles. The van der Waals surface area contributed by atoms with E-state index in [9.17, 15) is 0 Å². The van der Waals surface area contributed by atoms with Crippen molar-refractivity contribution in [1.82, 2.24) is 30.6 Å². The fraction of sp³-hybridized carbons (Fsp3) is 0.375. The summed E-state index contributed by atoms with van der Waals surface area (Å²) < 4.78 is 6.89. The zero-order chi connectivity index (χ0) is 11.5. The van der Waals surface area contributed by atoms with Gasteiger partial charge in [0, 0.05) is 7.05 Å². The predicted molar refractivity (Wildman–Crippen MR) is 55.3 cm³/mol. The molecule has 0 spiro atoms. The molecule has 2 rings (SSSR count). The zero-order valence-corrected chi connectivity index (χ0v) is 9.01. The van der Waals surface area contributed by atoms with Crippen molar-refractivity contribution in [3.63, 3.8) is 0 Å². The molecule has 16 heavy (non-hydrogen) atoms. The molecule has 8 nitrogen and oxygen atoms in total. The Kier molecular flexibility index (Phi) is 2.84. The van der Waals surface area contributed by atoms with E-state index >= 15 is 0 Å². The number of H-pyrrole nitrogens is 1. The number of ether oxygens (including phenoxy) is 1. The summed E-state index contributed by atoms with van der Waals surface area (Å²) in [6.07, 6.45) is 3.22. The van der Waals surface area contributed by atoms with Gasteiger partial charge in [-0.25, -0.2) is 5.43 Å². The maximum atomic E-state index is 5.52. The van der Waals surface area contributed by atoms with Gasteiger partial charge in [-0.05, 0) is 0 Å². The van der Waals surface area contributed by atoms with Crippen molar-refractivity contribution in [2.75, 3.05) is 7.11 Å². The molecular weight excluding hydrogens is 210 g/mol. The third-order valence-corrected chi connectivity index (χ3v) is 2.34. The Labute approximate surface area is 91.7 Å². The number of hydrogen-bond acceptors (Lipinski definition) is 6. The van der Waals surface area contributed by atoms with Crippen LogP contribution in [0.4, 0.5) is 0 Å². The number of aryl methyl sites for hydroxylation is 1. The standard InChI is InChI=1S/C8H13N7O/c1-15-8(6(16-2)4-11-15)7(12-9)5-3-10-14-13-5/h3-4,7,12H,9H2,1-2H3,(H,10,13,14). The van der Waals surface area contributed by atoms with E-state index in [4.69, 9.17) is 10.6 Å². The molecule has 0 aliphatic heterocycles. The summed E-state index contributed by atoms with van der Waals surface area (Å²) >= 11 is 0. The monoisotopic (exact) mass is 223 g/mol. The normalized spacial score (nSPS) is 12.7. The van der Waals surface area contributed by atoms with Crippen LogP contribution in [-0.4, -0.2) is 32.3 Å². The van der Waals surface area contributed by atoms with E-state index in [0.29, 0.717) is 11.4 Å². The van der Waals surface area contributed by atoms with Crippen molar-refractivity contribution in [2.45, 2.75) is 6.04 Å². The second-order valence-corrected chi connectivity index (χ2v) is 3.22. The first-order valence-corrected chi connectivity index (χ1v) is 4.65. The molecule has 86 valence electrons. The molecule has 0 fully saturated rings. The maximum absolute atomic E-state index is 5.52. The van der Waals surface area contributed by atoms with Crippen LogP contribution in [0.3, 0.4) is 0 Å².